The highest BCUT2D eigenvalue weighted by Gasteiger charge is 2.27. The SMILES string of the molecule is CCCCCC1=C(c2cccnc2)C(N=O)CC1. The average molecular weight is 244 g/mol. The Morgan fingerprint density at radius 2 is 2.33 bits per heavy atom. The van der Waals surface area contributed by atoms with Crippen molar-refractivity contribution >= 4 is 5.57 Å². The van der Waals surface area contributed by atoms with Crippen molar-refractivity contribution < 1.29 is 0 Å². The summed E-state index contributed by atoms with van der Waals surface area (Å²) in [7, 11) is 0. The van der Waals surface area contributed by atoms with Crippen molar-refractivity contribution in [1.82, 2.24) is 4.98 Å². The van der Waals surface area contributed by atoms with Crippen LogP contribution >= 0.6 is 0 Å². The van der Waals surface area contributed by atoms with Gasteiger partial charge in [0.1, 0.15) is 6.04 Å². The van der Waals surface area contributed by atoms with Gasteiger partial charge in [-0.3, -0.25) is 4.98 Å². The molecule has 1 heterocycles. The molecule has 18 heavy (non-hydrogen) atoms. The van der Waals surface area contributed by atoms with E-state index in [4.69, 9.17) is 0 Å². The van der Waals surface area contributed by atoms with Crippen molar-refractivity contribution in [3.05, 3.63) is 40.6 Å². The Hall–Kier alpha value is -1.51. The second-order valence-electron chi connectivity index (χ2n) is 4.88. The van der Waals surface area contributed by atoms with Crippen LogP contribution in [0, 0.1) is 4.91 Å². The molecule has 1 unspecified atom stereocenters. The number of rotatable bonds is 6. The molecule has 0 saturated heterocycles. The average Bonchev–Trinajstić information content (AvgIpc) is 2.83. The molecule has 1 aliphatic rings. The van der Waals surface area contributed by atoms with E-state index in [2.05, 4.69) is 17.1 Å². The van der Waals surface area contributed by atoms with E-state index < -0.39 is 0 Å². The highest BCUT2D eigenvalue weighted by Crippen LogP contribution is 2.38. The van der Waals surface area contributed by atoms with Crippen molar-refractivity contribution in [2.75, 3.05) is 0 Å². The zero-order chi connectivity index (χ0) is 12.8. The van der Waals surface area contributed by atoms with Gasteiger partial charge in [0, 0.05) is 12.4 Å². The van der Waals surface area contributed by atoms with Crippen LogP contribution in [-0.4, -0.2) is 11.0 Å². The van der Waals surface area contributed by atoms with Gasteiger partial charge in [-0.1, -0.05) is 36.6 Å². The molecule has 0 N–H and O–H groups in total. The highest BCUT2D eigenvalue weighted by molar-refractivity contribution is 5.74. The third-order valence-electron chi connectivity index (χ3n) is 3.62. The third-order valence-corrected chi connectivity index (χ3v) is 3.62. The van der Waals surface area contributed by atoms with E-state index in [-0.39, 0.29) is 6.04 Å². The zero-order valence-corrected chi connectivity index (χ0v) is 10.9. The molecular formula is C15H20N2O. The van der Waals surface area contributed by atoms with Gasteiger partial charge in [-0.2, -0.15) is 4.91 Å². The number of hydrogen-bond acceptors (Lipinski definition) is 3. The molecule has 1 atom stereocenters. The first kappa shape index (κ1) is 12.9. The number of allylic oxidation sites excluding steroid dienone is 1. The molecule has 1 aromatic rings. The maximum Gasteiger partial charge on any atom is 0.118 e. The van der Waals surface area contributed by atoms with Crippen molar-refractivity contribution in [3.8, 4) is 0 Å². The molecule has 0 fully saturated rings. The summed E-state index contributed by atoms with van der Waals surface area (Å²) in [5.74, 6) is 0. The molecule has 1 aliphatic carbocycles. The van der Waals surface area contributed by atoms with E-state index in [1.807, 2.05) is 18.3 Å². The summed E-state index contributed by atoms with van der Waals surface area (Å²) in [5.41, 5.74) is 3.64. The predicted molar refractivity (Wildman–Crippen MR) is 74.1 cm³/mol. The summed E-state index contributed by atoms with van der Waals surface area (Å²) in [5, 5.41) is 3.29. The predicted octanol–water partition coefficient (Wildman–Crippen LogP) is 4.34. The van der Waals surface area contributed by atoms with Crippen LogP contribution in [0.15, 0.2) is 35.3 Å². The molecule has 3 heteroatoms. The van der Waals surface area contributed by atoms with Gasteiger partial charge >= 0.3 is 0 Å². The summed E-state index contributed by atoms with van der Waals surface area (Å²) in [6, 6.07) is 3.79. The smallest absolute Gasteiger partial charge is 0.118 e. The molecule has 0 aromatic carbocycles. The second-order valence-corrected chi connectivity index (χ2v) is 4.88. The largest absolute Gasteiger partial charge is 0.264 e. The van der Waals surface area contributed by atoms with E-state index in [1.54, 1.807) is 6.20 Å². The summed E-state index contributed by atoms with van der Waals surface area (Å²) in [6.07, 6.45) is 10.3. The number of pyridine rings is 1. The van der Waals surface area contributed by atoms with Crippen LogP contribution in [0.5, 0.6) is 0 Å². The summed E-state index contributed by atoms with van der Waals surface area (Å²) in [4.78, 5) is 15.1. The molecule has 0 saturated carbocycles. The summed E-state index contributed by atoms with van der Waals surface area (Å²) >= 11 is 0. The lowest BCUT2D eigenvalue weighted by Gasteiger charge is -2.09. The van der Waals surface area contributed by atoms with Crippen LogP contribution in [0.25, 0.3) is 5.57 Å². The minimum Gasteiger partial charge on any atom is -0.264 e. The maximum atomic E-state index is 11.0. The first-order valence-electron chi connectivity index (χ1n) is 6.81. The molecular weight excluding hydrogens is 224 g/mol. The lowest BCUT2D eigenvalue weighted by molar-refractivity contribution is 0.695. The molecule has 0 radical (unpaired) electrons. The molecule has 0 aliphatic heterocycles. The van der Waals surface area contributed by atoms with Gasteiger partial charge in [-0.15, -0.1) is 0 Å². The Morgan fingerprint density at radius 3 is 3.00 bits per heavy atom. The second kappa shape index (κ2) is 6.43. The van der Waals surface area contributed by atoms with Gasteiger partial charge in [0.15, 0.2) is 0 Å². The molecule has 2 rings (SSSR count). The van der Waals surface area contributed by atoms with E-state index >= 15 is 0 Å². The molecule has 0 amide bonds. The fourth-order valence-electron chi connectivity index (χ4n) is 2.70. The fraction of sp³-hybridized carbons (Fsp3) is 0.533. The van der Waals surface area contributed by atoms with Crippen molar-refractivity contribution in [2.45, 2.75) is 51.5 Å². The lowest BCUT2D eigenvalue weighted by atomic mass is 9.98. The zero-order valence-electron chi connectivity index (χ0n) is 10.9. The highest BCUT2D eigenvalue weighted by atomic mass is 16.3. The fourth-order valence-corrected chi connectivity index (χ4v) is 2.70. The van der Waals surface area contributed by atoms with Crippen LogP contribution < -0.4 is 0 Å². The van der Waals surface area contributed by atoms with Gasteiger partial charge < -0.3 is 0 Å². The summed E-state index contributed by atoms with van der Waals surface area (Å²) < 4.78 is 0. The third kappa shape index (κ3) is 2.84. The number of nitroso groups, excluding NO2 is 1. The monoisotopic (exact) mass is 244 g/mol. The topological polar surface area (TPSA) is 42.3 Å². The molecule has 0 spiro atoms. The number of nitrogens with zero attached hydrogens (tertiary/aromatic N) is 2. The van der Waals surface area contributed by atoms with Crippen LogP contribution in [0.1, 0.15) is 51.0 Å². The van der Waals surface area contributed by atoms with E-state index in [9.17, 15) is 4.91 Å². The van der Waals surface area contributed by atoms with E-state index in [0.717, 1.165) is 30.4 Å². The molecule has 1 aromatic heterocycles. The van der Waals surface area contributed by atoms with Crippen LogP contribution in [0.2, 0.25) is 0 Å². The normalized spacial score (nSPS) is 19.3. The standard InChI is InChI=1S/C15H20N2O/c1-2-3-4-6-12-8-9-14(17-18)15(12)13-7-5-10-16-11-13/h5,7,10-11,14H,2-4,6,8-9H2,1H3. The Morgan fingerprint density at radius 1 is 1.44 bits per heavy atom. The summed E-state index contributed by atoms with van der Waals surface area (Å²) in [6.45, 7) is 2.21. The Balaban J connectivity index is 2.22. The van der Waals surface area contributed by atoms with E-state index in [1.165, 1.54) is 24.8 Å². The molecule has 0 bridgehead atoms. The Kier molecular flexibility index (Phi) is 4.62. The first-order chi connectivity index (χ1) is 8.86. The minimum absolute atomic E-state index is 0.161. The van der Waals surface area contributed by atoms with Crippen LogP contribution in [-0.2, 0) is 0 Å². The van der Waals surface area contributed by atoms with Crippen LogP contribution in [0.3, 0.4) is 0 Å². The molecule has 3 nitrogen and oxygen atoms in total. The number of hydrogen-bond donors (Lipinski definition) is 0. The Labute approximate surface area is 108 Å². The quantitative estimate of drug-likeness (QED) is 0.551. The van der Waals surface area contributed by atoms with Crippen molar-refractivity contribution in [3.63, 3.8) is 0 Å². The van der Waals surface area contributed by atoms with Gasteiger partial charge in [0.2, 0.25) is 0 Å². The molecule has 96 valence electrons. The van der Waals surface area contributed by atoms with Gasteiger partial charge in [0.05, 0.1) is 0 Å². The maximum absolute atomic E-state index is 11.0. The van der Waals surface area contributed by atoms with E-state index in [0.29, 0.717) is 0 Å². The Bertz CT molecular complexity index is 425. The van der Waals surface area contributed by atoms with Gasteiger partial charge in [0.25, 0.3) is 0 Å². The van der Waals surface area contributed by atoms with Crippen LogP contribution in [0.4, 0.5) is 0 Å². The minimum atomic E-state index is -0.161. The van der Waals surface area contributed by atoms with Gasteiger partial charge in [-0.05, 0) is 42.9 Å². The first-order valence-corrected chi connectivity index (χ1v) is 6.81. The number of unbranched alkanes of at least 4 members (excludes halogenated alkanes) is 2. The van der Waals surface area contributed by atoms with Crippen molar-refractivity contribution in [1.29, 1.82) is 0 Å². The number of aromatic nitrogens is 1. The lowest BCUT2D eigenvalue weighted by Crippen LogP contribution is -2.01. The van der Waals surface area contributed by atoms with Crippen molar-refractivity contribution in [2.24, 2.45) is 5.18 Å². The van der Waals surface area contributed by atoms with Gasteiger partial charge in [-0.25, -0.2) is 0 Å².